The van der Waals surface area contributed by atoms with Crippen molar-refractivity contribution in [1.82, 2.24) is 20.2 Å². The molecule has 1 amide bonds. The molecule has 3 aromatic rings. The minimum Gasteiger partial charge on any atom is -0.456 e. The van der Waals surface area contributed by atoms with Crippen molar-refractivity contribution in [2.45, 2.75) is 31.7 Å². The summed E-state index contributed by atoms with van der Waals surface area (Å²) in [5.41, 5.74) is 1.37. The Bertz CT molecular complexity index is 1060. The van der Waals surface area contributed by atoms with Crippen LogP contribution in [0.5, 0.6) is 11.5 Å². The number of anilines is 1. The molecule has 0 aliphatic carbocycles. The molecule has 2 aliphatic rings. The number of carbonyl (C=O) groups is 1. The minimum absolute atomic E-state index is 0.213. The second-order valence-corrected chi connectivity index (χ2v) is 9.18. The van der Waals surface area contributed by atoms with Crippen molar-refractivity contribution in [2.24, 2.45) is 0 Å². The number of thiazole rings is 1. The van der Waals surface area contributed by atoms with E-state index in [9.17, 15) is 4.79 Å². The van der Waals surface area contributed by atoms with Crippen molar-refractivity contribution in [1.29, 1.82) is 0 Å². The van der Waals surface area contributed by atoms with Crippen LogP contribution in [0.3, 0.4) is 0 Å². The van der Waals surface area contributed by atoms with E-state index in [1.54, 1.807) is 36.7 Å². The number of piperidine rings is 1. The molecule has 2 fully saturated rings. The van der Waals surface area contributed by atoms with Crippen molar-refractivity contribution in [3.63, 3.8) is 0 Å². The van der Waals surface area contributed by atoms with E-state index in [1.807, 2.05) is 18.2 Å². The van der Waals surface area contributed by atoms with Gasteiger partial charge in [0.15, 0.2) is 5.13 Å². The summed E-state index contributed by atoms with van der Waals surface area (Å²) in [5, 5.41) is 3.66. The Balaban J connectivity index is 1.27. The molecule has 7 nitrogen and oxygen atoms in total. The zero-order valence-electron chi connectivity index (χ0n) is 17.7. The Morgan fingerprint density at radius 3 is 2.74 bits per heavy atom. The number of likely N-dealkylation sites (tertiary alicyclic amines) is 1. The topological polar surface area (TPSA) is 70.6 Å². The predicted molar refractivity (Wildman–Crippen MR) is 123 cm³/mol. The lowest BCUT2D eigenvalue weighted by Gasteiger charge is -2.32. The van der Waals surface area contributed by atoms with E-state index in [0.29, 0.717) is 17.5 Å². The minimum atomic E-state index is -0.213. The van der Waals surface area contributed by atoms with Crippen LogP contribution < -0.4 is 15.0 Å². The number of hydrogen-bond acceptors (Lipinski definition) is 7. The third kappa shape index (κ3) is 4.36. The summed E-state index contributed by atoms with van der Waals surface area (Å²) in [5.74, 6) is 1.13. The molecule has 31 heavy (non-hydrogen) atoms. The Hall–Kier alpha value is -2.71. The number of rotatable bonds is 5. The van der Waals surface area contributed by atoms with E-state index in [1.165, 1.54) is 38.8 Å². The van der Waals surface area contributed by atoms with Gasteiger partial charge in [0, 0.05) is 32.2 Å². The second kappa shape index (κ2) is 8.80. The first kappa shape index (κ1) is 20.2. The summed E-state index contributed by atoms with van der Waals surface area (Å²) in [4.78, 5) is 25.8. The summed E-state index contributed by atoms with van der Waals surface area (Å²) in [6, 6.07) is 10.0. The van der Waals surface area contributed by atoms with Gasteiger partial charge in [0.05, 0.1) is 16.4 Å². The van der Waals surface area contributed by atoms with Crippen LogP contribution in [0.25, 0.3) is 10.2 Å². The largest absolute Gasteiger partial charge is 0.456 e. The van der Waals surface area contributed by atoms with Gasteiger partial charge in [0.25, 0.3) is 5.91 Å². The third-order valence-corrected chi connectivity index (χ3v) is 7.20. The number of ether oxygens (including phenoxy) is 1. The van der Waals surface area contributed by atoms with Gasteiger partial charge < -0.3 is 15.0 Å². The molecular formula is C23H27N5O2S. The lowest BCUT2D eigenvalue weighted by molar-refractivity contribution is 0.0958. The van der Waals surface area contributed by atoms with Gasteiger partial charge >= 0.3 is 0 Å². The highest BCUT2D eigenvalue weighted by atomic mass is 32.1. The SMILES string of the molecule is CNC(=O)c1ccc(Oc2ccc3nc(N4CC[C@@H](N5CCCCC5)C4)sc3c2)cn1. The molecule has 1 atom stereocenters. The van der Waals surface area contributed by atoms with Crippen molar-refractivity contribution in [3.05, 3.63) is 42.2 Å². The average molecular weight is 438 g/mol. The fourth-order valence-corrected chi connectivity index (χ4v) is 5.46. The van der Waals surface area contributed by atoms with Crippen molar-refractivity contribution in [3.8, 4) is 11.5 Å². The highest BCUT2D eigenvalue weighted by molar-refractivity contribution is 7.22. The fourth-order valence-electron chi connectivity index (χ4n) is 4.43. The van der Waals surface area contributed by atoms with Gasteiger partial charge in [-0.15, -0.1) is 0 Å². The molecule has 1 N–H and O–H groups in total. The van der Waals surface area contributed by atoms with Crippen LogP contribution in [0.1, 0.15) is 36.2 Å². The Morgan fingerprint density at radius 2 is 1.97 bits per heavy atom. The molecule has 0 unspecified atom stereocenters. The Labute approximate surface area is 186 Å². The lowest BCUT2D eigenvalue weighted by atomic mass is 10.1. The second-order valence-electron chi connectivity index (χ2n) is 8.17. The van der Waals surface area contributed by atoms with E-state index < -0.39 is 0 Å². The number of amides is 1. The zero-order valence-corrected chi connectivity index (χ0v) is 18.5. The molecule has 0 bridgehead atoms. The van der Waals surface area contributed by atoms with Crippen LogP contribution in [-0.4, -0.2) is 60.0 Å². The van der Waals surface area contributed by atoms with Gasteiger partial charge in [-0.25, -0.2) is 9.97 Å². The maximum Gasteiger partial charge on any atom is 0.269 e. The molecule has 1 aromatic carbocycles. The average Bonchev–Trinajstić information content (AvgIpc) is 3.47. The quantitative estimate of drug-likeness (QED) is 0.653. The van der Waals surface area contributed by atoms with Gasteiger partial charge in [-0.05, 0) is 56.6 Å². The van der Waals surface area contributed by atoms with E-state index >= 15 is 0 Å². The molecule has 162 valence electrons. The van der Waals surface area contributed by atoms with E-state index in [-0.39, 0.29) is 5.91 Å². The van der Waals surface area contributed by atoms with Gasteiger partial charge in [-0.3, -0.25) is 9.69 Å². The van der Waals surface area contributed by atoms with Crippen LogP contribution in [0, 0.1) is 0 Å². The van der Waals surface area contributed by atoms with Crippen molar-refractivity contribution >= 4 is 32.6 Å². The van der Waals surface area contributed by atoms with E-state index in [4.69, 9.17) is 9.72 Å². The van der Waals surface area contributed by atoms with Crippen LogP contribution in [0.4, 0.5) is 5.13 Å². The normalized spacial score (nSPS) is 19.6. The summed E-state index contributed by atoms with van der Waals surface area (Å²) < 4.78 is 7.07. The number of benzene rings is 1. The molecule has 0 saturated carbocycles. The van der Waals surface area contributed by atoms with Crippen LogP contribution in [0.15, 0.2) is 36.5 Å². The highest BCUT2D eigenvalue weighted by Crippen LogP contribution is 2.35. The summed E-state index contributed by atoms with van der Waals surface area (Å²) in [6.07, 6.45) is 6.85. The lowest BCUT2D eigenvalue weighted by Crippen LogP contribution is -2.40. The van der Waals surface area contributed by atoms with E-state index in [2.05, 4.69) is 20.1 Å². The molecular weight excluding hydrogens is 410 g/mol. The zero-order chi connectivity index (χ0) is 21.2. The Kier molecular flexibility index (Phi) is 5.74. The summed E-state index contributed by atoms with van der Waals surface area (Å²) >= 11 is 1.73. The highest BCUT2D eigenvalue weighted by Gasteiger charge is 2.29. The first-order chi connectivity index (χ1) is 15.2. The predicted octanol–water partition coefficient (Wildman–Crippen LogP) is 3.91. The van der Waals surface area contributed by atoms with E-state index in [0.717, 1.165) is 34.2 Å². The van der Waals surface area contributed by atoms with Gasteiger partial charge in [0.1, 0.15) is 17.2 Å². The number of fused-ring (bicyclic) bond motifs is 1. The molecule has 2 aromatic heterocycles. The van der Waals surface area contributed by atoms with Crippen LogP contribution in [0.2, 0.25) is 0 Å². The molecule has 8 heteroatoms. The smallest absolute Gasteiger partial charge is 0.269 e. The summed E-state index contributed by atoms with van der Waals surface area (Å²) in [7, 11) is 1.59. The first-order valence-corrected chi connectivity index (χ1v) is 11.8. The van der Waals surface area contributed by atoms with Crippen molar-refractivity contribution in [2.75, 3.05) is 38.1 Å². The monoisotopic (exact) mass is 437 g/mol. The maximum atomic E-state index is 11.6. The van der Waals surface area contributed by atoms with Crippen LogP contribution >= 0.6 is 11.3 Å². The number of nitrogens with zero attached hydrogens (tertiary/aromatic N) is 4. The number of hydrogen-bond donors (Lipinski definition) is 1. The fraction of sp³-hybridized carbons (Fsp3) is 0.435. The molecule has 2 aliphatic heterocycles. The third-order valence-electron chi connectivity index (χ3n) is 6.12. The van der Waals surface area contributed by atoms with Crippen molar-refractivity contribution < 1.29 is 9.53 Å². The molecule has 0 spiro atoms. The number of pyridine rings is 1. The van der Waals surface area contributed by atoms with Gasteiger partial charge in [0.2, 0.25) is 0 Å². The molecule has 4 heterocycles. The number of carbonyl (C=O) groups excluding carboxylic acids is 1. The standard InChI is InChI=1S/C23H27N5O2S/c1-24-22(29)20-8-6-18(14-25-20)30-17-5-7-19-21(13-17)31-23(26-19)28-12-9-16(15-28)27-10-3-2-4-11-27/h5-8,13-14,16H,2-4,9-12,15H2,1H3,(H,24,29)/t16-/m1/s1. The van der Waals surface area contributed by atoms with Crippen LogP contribution in [-0.2, 0) is 0 Å². The van der Waals surface area contributed by atoms with Gasteiger partial charge in [-0.2, -0.15) is 0 Å². The molecule has 2 saturated heterocycles. The molecule has 0 radical (unpaired) electrons. The van der Waals surface area contributed by atoms with Gasteiger partial charge in [-0.1, -0.05) is 17.8 Å². The maximum absolute atomic E-state index is 11.6. The first-order valence-electron chi connectivity index (χ1n) is 11.0. The summed E-state index contributed by atoms with van der Waals surface area (Å²) in [6.45, 7) is 4.65. The molecule has 5 rings (SSSR count). The number of nitrogens with one attached hydrogen (secondary N) is 1. The Morgan fingerprint density at radius 1 is 1.13 bits per heavy atom. The number of aromatic nitrogens is 2.